The molecule has 1 heterocycles. The predicted molar refractivity (Wildman–Crippen MR) is 99.1 cm³/mol. The molecule has 28 heavy (non-hydrogen) atoms. The number of benzene rings is 1. The number of rotatable bonds is 5. The number of carbonyl (C=O) groups excluding carboxylic acids is 1. The number of hydrogen-bond donors (Lipinski definition) is 1. The van der Waals surface area contributed by atoms with Crippen molar-refractivity contribution in [3.8, 4) is 0 Å². The number of amides is 2. The number of alkyl halides is 3. The van der Waals surface area contributed by atoms with Crippen LogP contribution in [0.5, 0.6) is 0 Å². The van der Waals surface area contributed by atoms with Crippen molar-refractivity contribution in [3.05, 3.63) is 47.4 Å². The Bertz CT molecular complexity index is 836. The predicted octanol–water partition coefficient (Wildman–Crippen LogP) is 3.66. The molecule has 1 aliphatic heterocycles. The highest BCUT2D eigenvalue weighted by atomic mass is 32.2. The van der Waals surface area contributed by atoms with Gasteiger partial charge in [0.2, 0.25) is 0 Å². The zero-order valence-corrected chi connectivity index (χ0v) is 16.2. The fourth-order valence-corrected chi connectivity index (χ4v) is 3.97. The molecule has 154 valence electrons. The second-order valence-electron chi connectivity index (χ2n) is 7.52. The lowest BCUT2D eigenvalue weighted by Crippen LogP contribution is -2.45. The van der Waals surface area contributed by atoms with Crippen LogP contribution in [0.2, 0.25) is 0 Å². The largest absolute Gasteiger partial charge is 0.393 e. The van der Waals surface area contributed by atoms with Crippen LogP contribution in [-0.4, -0.2) is 44.4 Å². The summed E-state index contributed by atoms with van der Waals surface area (Å²) in [5.41, 5.74) is 0.652. The quantitative estimate of drug-likeness (QED) is 0.797. The van der Waals surface area contributed by atoms with E-state index in [0.29, 0.717) is 5.56 Å². The van der Waals surface area contributed by atoms with E-state index in [1.54, 1.807) is 30.3 Å². The second-order valence-corrected chi connectivity index (χ2v) is 9.46. The van der Waals surface area contributed by atoms with Gasteiger partial charge in [-0.25, -0.2) is 13.2 Å². The molecule has 1 aromatic carbocycles. The molecular weight excluding hydrogens is 393 g/mol. The van der Waals surface area contributed by atoms with Gasteiger partial charge in [-0.1, -0.05) is 36.4 Å². The Balaban J connectivity index is 1.79. The monoisotopic (exact) mass is 416 g/mol. The van der Waals surface area contributed by atoms with Gasteiger partial charge in [0.25, 0.3) is 0 Å². The summed E-state index contributed by atoms with van der Waals surface area (Å²) in [7, 11) is -3.36. The number of urea groups is 1. The highest BCUT2D eigenvalue weighted by molar-refractivity contribution is 7.93. The highest BCUT2D eigenvalue weighted by Crippen LogP contribution is 2.43. The molecule has 1 aliphatic carbocycles. The molecule has 3 atom stereocenters. The normalized spacial score (nSPS) is 24.5. The van der Waals surface area contributed by atoms with E-state index < -0.39 is 46.6 Å². The summed E-state index contributed by atoms with van der Waals surface area (Å²) < 4.78 is 62.7. The maximum atomic E-state index is 13.3. The topological polar surface area (TPSA) is 66.5 Å². The number of carbonyl (C=O) groups is 1. The van der Waals surface area contributed by atoms with E-state index in [2.05, 4.69) is 5.32 Å². The van der Waals surface area contributed by atoms with Crippen molar-refractivity contribution in [2.45, 2.75) is 37.5 Å². The van der Waals surface area contributed by atoms with Gasteiger partial charge in [-0.3, -0.25) is 0 Å². The molecular formula is C19H23F3N2O3S. The number of likely N-dealkylation sites (tertiary alicyclic amines) is 1. The first-order valence-corrected chi connectivity index (χ1v) is 11.1. The Morgan fingerprint density at radius 2 is 1.89 bits per heavy atom. The maximum absolute atomic E-state index is 13.3. The van der Waals surface area contributed by atoms with Crippen molar-refractivity contribution in [1.29, 1.82) is 0 Å². The average Bonchev–Trinajstić information content (AvgIpc) is 3.34. The molecule has 1 saturated heterocycles. The van der Waals surface area contributed by atoms with Gasteiger partial charge >= 0.3 is 12.2 Å². The SMILES string of the molecule is CS(=O)(=O)/C=C/C(NC(=O)N1C[C@H](C(F)(F)F)C[C@@H]1c1ccccc1)C1CC1. The van der Waals surface area contributed by atoms with Crippen molar-refractivity contribution in [2.75, 3.05) is 12.8 Å². The van der Waals surface area contributed by atoms with Crippen LogP contribution in [0, 0.1) is 11.8 Å². The fourth-order valence-electron chi connectivity index (χ4n) is 3.52. The standard InChI is InChI=1S/C19H23F3N2O3S/c1-28(26,27)10-9-16(13-7-8-13)23-18(25)24-12-15(19(20,21)22)11-17(24)14-5-3-2-4-6-14/h2-6,9-10,13,15-17H,7-8,11-12H2,1H3,(H,23,25)/b10-9+/t15-,16?,17-/m1/s1. The van der Waals surface area contributed by atoms with E-state index in [1.807, 2.05) is 0 Å². The lowest BCUT2D eigenvalue weighted by molar-refractivity contribution is -0.170. The minimum atomic E-state index is -4.38. The number of halogens is 3. The van der Waals surface area contributed by atoms with Gasteiger partial charge < -0.3 is 10.2 Å². The van der Waals surface area contributed by atoms with E-state index >= 15 is 0 Å². The first-order valence-electron chi connectivity index (χ1n) is 9.11. The lowest BCUT2D eigenvalue weighted by Gasteiger charge is -2.27. The van der Waals surface area contributed by atoms with Gasteiger partial charge in [-0.2, -0.15) is 13.2 Å². The number of sulfone groups is 1. The van der Waals surface area contributed by atoms with Crippen LogP contribution in [-0.2, 0) is 9.84 Å². The van der Waals surface area contributed by atoms with Crippen LogP contribution in [0.1, 0.15) is 30.9 Å². The summed E-state index contributed by atoms with van der Waals surface area (Å²) in [6.45, 7) is -0.415. The molecule has 2 fully saturated rings. The molecule has 2 aliphatic rings. The molecule has 9 heteroatoms. The summed E-state index contributed by atoms with van der Waals surface area (Å²) in [4.78, 5) is 14.1. The highest BCUT2D eigenvalue weighted by Gasteiger charge is 2.49. The Kier molecular flexibility index (Phi) is 5.74. The summed E-state index contributed by atoms with van der Waals surface area (Å²) >= 11 is 0. The summed E-state index contributed by atoms with van der Waals surface area (Å²) in [5.74, 6) is -1.48. The van der Waals surface area contributed by atoms with E-state index in [4.69, 9.17) is 0 Å². The molecule has 3 rings (SSSR count). The molecule has 1 aromatic rings. The third-order valence-electron chi connectivity index (χ3n) is 5.16. The van der Waals surface area contributed by atoms with Crippen LogP contribution < -0.4 is 5.32 Å². The van der Waals surface area contributed by atoms with Crippen LogP contribution in [0.3, 0.4) is 0 Å². The van der Waals surface area contributed by atoms with Crippen LogP contribution in [0.25, 0.3) is 0 Å². The van der Waals surface area contributed by atoms with Crippen LogP contribution in [0.15, 0.2) is 41.8 Å². The Morgan fingerprint density at radius 1 is 1.25 bits per heavy atom. The third-order valence-corrected chi connectivity index (χ3v) is 5.81. The molecule has 0 radical (unpaired) electrons. The average molecular weight is 416 g/mol. The van der Waals surface area contributed by atoms with Crippen molar-refractivity contribution >= 4 is 15.9 Å². The molecule has 0 spiro atoms. The smallest absolute Gasteiger partial charge is 0.331 e. The van der Waals surface area contributed by atoms with Gasteiger partial charge in [0, 0.05) is 18.2 Å². The van der Waals surface area contributed by atoms with E-state index in [-0.39, 0.29) is 12.3 Å². The first kappa shape index (κ1) is 20.7. The minimum absolute atomic E-state index is 0.109. The van der Waals surface area contributed by atoms with E-state index in [9.17, 15) is 26.4 Å². The summed E-state index contributed by atoms with van der Waals surface area (Å²) in [6.07, 6.45) is -0.421. The zero-order chi connectivity index (χ0) is 20.5. The van der Waals surface area contributed by atoms with Crippen LogP contribution in [0.4, 0.5) is 18.0 Å². The van der Waals surface area contributed by atoms with E-state index in [1.165, 1.54) is 11.0 Å². The number of nitrogens with one attached hydrogen (secondary N) is 1. The summed E-state index contributed by atoms with van der Waals surface area (Å²) in [5, 5.41) is 3.77. The van der Waals surface area contributed by atoms with Crippen molar-refractivity contribution in [3.63, 3.8) is 0 Å². The van der Waals surface area contributed by atoms with Gasteiger partial charge in [0.1, 0.15) is 0 Å². The maximum Gasteiger partial charge on any atom is 0.393 e. The fraction of sp³-hybridized carbons (Fsp3) is 0.526. The third kappa shape index (κ3) is 5.27. The molecule has 5 nitrogen and oxygen atoms in total. The Morgan fingerprint density at radius 3 is 2.43 bits per heavy atom. The van der Waals surface area contributed by atoms with Gasteiger partial charge in [-0.15, -0.1) is 0 Å². The van der Waals surface area contributed by atoms with Gasteiger partial charge in [-0.05, 0) is 30.7 Å². The summed E-state index contributed by atoms with van der Waals surface area (Å²) in [6, 6.07) is 6.87. The molecule has 2 amide bonds. The van der Waals surface area contributed by atoms with Gasteiger partial charge in [0.15, 0.2) is 9.84 Å². The zero-order valence-electron chi connectivity index (χ0n) is 15.4. The second kappa shape index (κ2) is 7.77. The van der Waals surface area contributed by atoms with Crippen molar-refractivity contribution in [2.24, 2.45) is 11.8 Å². The van der Waals surface area contributed by atoms with Crippen LogP contribution >= 0.6 is 0 Å². The van der Waals surface area contributed by atoms with Crippen molar-refractivity contribution in [1.82, 2.24) is 10.2 Å². The van der Waals surface area contributed by atoms with Crippen molar-refractivity contribution < 1.29 is 26.4 Å². The first-order chi connectivity index (χ1) is 13.0. The Labute approximate surface area is 162 Å². The number of hydrogen-bond acceptors (Lipinski definition) is 3. The number of nitrogens with zero attached hydrogens (tertiary/aromatic N) is 1. The minimum Gasteiger partial charge on any atom is -0.331 e. The molecule has 1 N–H and O–H groups in total. The molecule has 0 aromatic heterocycles. The van der Waals surface area contributed by atoms with E-state index in [0.717, 1.165) is 24.5 Å². The lowest BCUT2D eigenvalue weighted by atomic mass is 9.99. The molecule has 1 saturated carbocycles. The van der Waals surface area contributed by atoms with Gasteiger partial charge in [0.05, 0.1) is 18.0 Å². The molecule has 1 unspecified atom stereocenters. The molecule has 0 bridgehead atoms. The Hall–Kier alpha value is -2.03.